The Morgan fingerprint density at radius 3 is 2.54 bits per heavy atom. The van der Waals surface area contributed by atoms with Crippen LogP contribution in [0.4, 0.5) is 0 Å². The zero-order valence-electron chi connectivity index (χ0n) is 14.2. The predicted octanol–water partition coefficient (Wildman–Crippen LogP) is 2.22. The minimum absolute atomic E-state index is 0. The molecule has 6 nitrogen and oxygen atoms in total. The summed E-state index contributed by atoms with van der Waals surface area (Å²) in [7, 11) is 3.68. The summed E-state index contributed by atoms with van der Waals surface area (Å²) in [4.78, 5) is 8.52. The van der Waals surface area contributed by atoms with Gasteiger partial charge in [0.15, 0.2) is 5.96 Å². The van der Waals surface area contributed by atoms with Crippen LogP contribution in [0.2, 0.25) is 0 Å². The van der Waals surface area contributed by atoms with Gasteiger partial charge in [0.25, 0.3) is 0 Å². The molecule has 3 rings (SSSR count). The van der Waals surface area contributed by atoms with E-state index in [1.54, 1.807) is 18.1 Å². The molecule has 1 aromatic carbocycles. The van der Waals surface area contributed by atoms with Gasteiger partial charge in [-0.25, -0.2) is 4.98 Å². The maximum Gasteiger partial charge on any atom is 0.191 e. The Labute approximate surface area is 160 Å². The van der Waals surface area contributed by atoms with Crippen molar-refractivity contribution in [2.75, 3.05) is 13.6 Å². The Morgan fingerprint density at radius 2 is 2.00 bits per heavy atom. The van der Waals surface area contributed by atoms with Gasteiger partial charge in [-0.05, 0) is 18.4 Å². The first-order valence-electron chi connectivity index (χ1n) is 8.06. The van der Waals surface area contributed by atoms with Crippen molar-refractivity contribution in [3.05, 3.63) is 48.0 Å². The molecular formula is C17H25IN6. The van der Waals surface area contributed by atoms with Gasteiger partial charge >= 0.3 is 0 Å². The summed E-state index contributed by atoms with van der Waals surface area (Å²) in [5.41, 5.74) is 1.66. The Balaban J connectivity index is 0.00000208. The molecule has 0 bridgehead atoms. The molecular weight excluding hydrogens is 415 g/mol. The molecule has 130 valence electrons. The lowest BCUT2D eigenvalue weighted by Crippen LogP contribution is -2.48. The van der Waals surface area contributed by atoms with Crippen LogP contribution in [-0.4, -0.2) is 34.3 Å². The number of halogens is 1. The molecule has 0 aliphatic heterocycles. The van der Waals surface area contributed by atoms with E-state index in [0.717, 1.165) is 18.3 Å². The molecule has 7 heteroatoms. The Bertz CT molecular complexity index is 663. The fourth-order valence-corrected chi connectivity index (χ4v) is 3.08. The summed E-state index contributed by atoms with van der Waals surface area (Å²) in [6.07, 6.45) is 5.31. The standard InChI is InChI=1S/C17H24N6.HI/c1-18-16(19-11-15-21-13-22-23(15)2)20-12-17(9-6-10-17)14-7-4-3-5-8-14;/h3-5,7-8,13H,6,9-12H2,1-2H3,(H2,18,19,20);1H. The van der Waals surface area contributed by atoms with Crippen molar-refractivity contribution in [2.45, 2.75) is 31.2 Å². The number of aliphatic imine (C=N–C) groups is 1. The Kier molecular flexibility index (Phi) is 6.59. The van der Waals surface area contributed by atoms with Crippen molar-refractivity contribution in [1.29, 1.82) is 0 Å². The molecule has 0 unspecified atom stereocenters. The van der Waals surface area contributed by atoms with Crippen LogP contribution >= 0.6 is 24.0 Å². The maximum absolute atomic E-state index is 4.31. The smallest absolute Gasteiger partial charge is 0.191 e. The number of hydrogen-bond acceptors (Lipinski definition) is 3. The van der Waals surface area contributed by atoms with Gasteiger partial charge < -0.3 is 10.6 Å². The van der Waals surface area contributed by atoms with Crippen LogP contribution in [-0.2, 0) is 19.0 Å². The predicted molar refractivity (Wildman–Crippen MR) is 107 cm³/mol. The second-order valence-corrected chi connectivity index (χ2v) is 6.08. The first-order valence-corrected chi connectivity index (χ1v) is 8.06. The number of rotatable bonds is 5. The average molecular weight is 440 g/mol. The van der Waals surface area contributed by atoms with Crippen molar-refractivity contribution in [1.82, 2.24) is 25.4 Å². The molecule has 0 amide bonds. The van der Waals surface area contributed by atoms with E-state index in [-0.39, 0.29) is 29.4 Å². The number of aromatic nitrogens is 3. The van der Waals surface area contributed by atoms with Crippen LogP contribution in [0.3, 0.4) is 0 Å². The molecule has 1 aliphatic carbocycles. The zero-order valence-corrected chi connectivity index (χ0v) is 16.5. The highest BCUT2D eigenvalue weighted by molar-refractivity contribution is 14.0. The van der Waals surface area contributed by atoms with Crippen molar-refractivity contribution in [2.24, 2.45) is 12.0 Å². The number of benzene rings is 1. The van der Waals surface area contributed by atoms with Gasteiger partial charge in [0.2, 0.25) is 0 Å². The fraction of sp³-hybridized carbons (Fsp3) is 0.471. The van der Waals surface area contributed by atoms with E-state index in [0.29, 0.717) is 6.54 Å². The lowest BCUT2D eigenvalue weighted by Gasteiger charge is -2.43. The maximum atomic E-state index is 4.31. The highest BCUT2D eigenvalue weighted by Crippen LogP contribution is 2.43. The quantitative estimate of drug-likeness (QED) is 0.425. The average Bonchev–Trinajstić information content (AvgIpc) is 2.95. The summed E-state index contributed by atoms with van der Waals surface area (Å²) >= 11 is 0. The molecule has 2 aromatic rings. The van der Waals surface area contributed by atoms with E-state index in [1.807, 2.05) is 7.05 Å². The molecule has 1 fully saturated rings. The van der Waals surface area contributed by atoms with Gasteiger partial charge in [-0.1, -0.05) is 36.8 Å². The van der Waals surface area contributed by atoms with Gasteiger partial charge in [0.05, 0.1) is 6.54 Å². The van der Waals surface area contributed by atoms with Crippen LogP contribution in [0.1, 0.15) is 30.7 Å². The third-order valence-electron chi connectivity index (χ3n) is 4.73. The van der Waals surface area contributed by atoms with Crippen LogP contribution in [0.25, 0.3) is 0 Å². The zero-order chi connectivity index (χ0) is 16.1. The second-order valence-electron chi connectivity index (χ2n) is 6.08. The molecule has 1 aliphatic rings. The Morgan fingerprint density at radius 1 is 1.25 bits per heavy atom. The van der Waals surface area contributed by atoms with Crippen molar-refractivity contribution < 1.29 is 0 Å². The molecule has 0 radical (unpaired) electrons. The largest absolute Gasteiger partial charge is 0.356 e. The van der Waals surface area contributed by atoms with Crippen molar-refractivity contribution in [3.63, 3.8) is 0 Å². The third kappa shape index (κ3) is 4.06. The molecule has 0 atom stereocenters. The fourth-order valence-electron chi connectivity index (χ4n) is 3.08. The van der Waals surface area contributed by atoms with E-state index >= 15 is 0 Å². The molecule has 24 heavy (non-hydrogen) atoms. The topological polar surface area (TPSA) is 67.1 Å². The molecule has 0 spiro atoms. The SMILES string of the molecule is CN=C(NCc1ncnn1C)NCC1(c2ccccc2)CCC1.I. The second kappa shape index (κ2) is 8.46. The number of nitrogens with one attached hydrogen (secondary N) is 2. The summed E-state index contributed by atoms with van der Waals surface area (Å²) in [6, 6.07) is 10.8. The summed E-state index contributed by atoms with van der Waals surface area (Å²) in [5.74, 6) is 1.68. The monoisotopic (exact) mass is 440 g/mol. The highest BCUT2D eigenvalue weighted by Gasteiger charge is 2.38. The van der Waals surface area contributed by atoms with Gasteiger partial charge in [0, 0.05) is 26.1 Å². The van der Waals surface area contributed by atoms with Gasteiger partial charge in [-0.3, -0.25) is 9.67 Å². The van der Waals surface area contributed by atoms with Crippen LogP contribution in [0.15, 0.2) is 41.7 Å². The normalized spacial score (nSPS) is 16.0. The molecule has 1 saturated carbocycles. The minimum atomic E-state index is 0. The summed E-state index contributed by atoms with van der Waals surface area (Å²) in [6.45, 7) is 1.50. The third-order valence-corrected chi connectivity index (χ3v) is 4.73. The van der Waals surface area contributed by atoms with E-state index < -0.39 is 0 Å². The van der Waals surface area contributed by atoms with Crippen LogP contribution in [0, 0.1) is 0 Å². The first-order chi connectivity index (χ1) is 11.2. The number of hydrogen-bond donors (Lipinski definition) is 2. The highest BCUT2D eigenvalue weighted by atomic mass is 127. The molecule has 2 N–H and O–H groups in total. The van der Waals surface area contributed by atoms with Gasteiger partial charge in [0.1, 0.15) is 12.2 Å². The van der Waals surface area contributed by atoms with Gasteiger partial charge in [-0.2, -0.15) is 5.10 Å². The van der Waals surface area contributed by atoms with Crippen LogP contribution < -0.4 is 10.6 Å². The van der Waals surface area contributed by atoms with E-state index in [9.17, 15) is 0 Å². The summed E-state index contributed by atoms with van der Waals surface area (Å²) in [5, 5.41) is 10.8. The van der Waals surface area contributed by atoms with E-state index in [4.69, 9.17) is 0 Å². The minimum Gasteiger partial charge on any atom is -0.356 e. The lowest BCUT2D eigenvalue weighted by molar-refractivity contribution is 0.244. The van der Waals surface area contributed by atoms with E-state index in [2.05, 4.69) is 56.0 Å². The summed E-state index contributed by atoms with van der Waals surface area (Å²) < 4.78 is 1.76. The van der Waals surface area contributed by atoms with E-state index in [1.165, 1.54) is 24.8 Å². The number of aryl methyl sites for hydroxylation is 1. The van der Waals surface area contributed by atoms with Crippen molar-refractivity contribution in [3.8, 4) is 0 Å². The van der Waals surface area contributed by atoms with Gasteiger partial charge in [-0.15, -0.1) is 24.0 Å². The molecule has 1 aromatic heterocycles. The number of nitrogens with zero attached hydrogens (tertiary/aromatic N) is 4. The lowest BCUT2D eigenvalue weighted by atomic mass is 9.64. The molecule has 0 saturated heterocycles. The van der Waals surface area contributed by atoms with Crippen molar-refractivity contribution >= 4 is 29.9 Å². The first kappa shape index (κ1) is 18.7. The van der Waals surface area contributed by atoms with Crippen LogP contribution in [0.5, 0.6) is 0 Å². The number of guanidine groups is 1. The molecule has 1 heterocycles. The Hall–Kier alpha value is -1.64.